The highest BCUT2D eigenvalue weighted by molar-refractivity contribution is 6.07. The Balaban J connectivity index is 0.898. The first kappa shape index (κ1) is 42.3. The fourth-order valence-electron chi connectivity index (χ4n) is 11.3. The van der Waals surface area contributed by atoms with Crippen molar-refractivity contribution in [1.82, 2.24) is 40.4 Å². The molecular formula is C48H58N8O8. The number of carbonyl (C=O) groups excluding carboxylic acids is 3. The lowest BCUT2D eigenvalue weighted by atomic mass is 9.90. The molecule has 2 aromatic heterocycles. The third-order valence-corrected chi connectivity index (χ3v) is 14.6. The summed E-state index contributed by atoms with van der Waals surface area (Å²) < 4.78 is 21.9. The number of amides is 3. The minimum absolute atomic E-state index is 0.0245. The summed E-state index contributed by atoms with van der Waals surface area (Å²) in [5.41, 5.74) is 6.76. The average Bonchev–Trinajstić information content (AvgIpc) is 4.17. The van der Waals surface area contributed by atoms with Crippen LogP contribution >= 0.6 is 0 Å². The molecule has 0 spiro atoms. The van der Waals surface area contributed by atoms with Crippen molar-refractivity contribution >= 4 is 39.9 Å². The number of nitrogens with zero attached hydrogens (tertiary/aromatic N) is 4. The van der Waals surface area contributed by atoms with Crippen LogP contribution in [0.1, 0.15) is 94.5 Å². The second-order valence-electron chi connectivity index (χ2n) is 18.5. The van der Waals surface area contributed by atoms with Crippen molar-refractivity contribution in [2.45, 2.75) is 108 Å². The summed E-state index contributed by atoms with van der Waals surface area (Å²) in [7, 11) is 2.65. The Labute approximate surface area is 371 Å². The summed E-state index contributed by atoms with van der Waals surface area (Å²) in [5.74, 6) is 2.59. The number of benzene rings is 3. The molecule has 4 fully saturated rings. The summed E-state index contributed by atoms with van der Waals surface area (Å²) in [5, 5.41) is 19.7. The van der Waals surface area contributed by atoms with Gasteiger partial charge < -0.3 is 49.6 Å². The number of nitrogens with one attached hydrogen (secondary N) is 4. The number of aliphatic hydroxyl groups excluding tert-OH is 1. The van der Waals surface area contributed by atoms with Crippen LogP contribution in [-0.4, -0.2) is 111 Å². The maximum absolute atomic E-state index is 14.1. The van der Waals surface area contributed by atoms with Crippen LogP contribution in [0.15, 0.2) is 48.7 Å². The van der Waals surface area contributed by atoms with Gasteiger partial charge in [0.15, 0.2) is 0 Å². The second-order valence-corrected chi connectivity index (χ2v) is 18.5. The van der Waals surface area contributed by atoms with Crippen molar-refractivity contribution < 1.29 is 38.4 Å². The SMILES string of the molecule is COC(=O)NC(C(=O)N1CCCC1c1ncc(-c2ccc3c(c2)COc2cc4c(ccc5[nH]c([C@@H]6C[C@@H]7CCC[C@@H]7N6C(O)[C@@H](NC(=O)OC)C(C)C)nc54)cc2-3)[nH]1)C1CCOCC1. The van der Waals surface area contributed by atoms with Crippen LogP contribution in [0.25, 0.3) is 44.2 Å². The highest BCUT2D eigenvalue weighted by atomic mass is 16.5. The van der Waals surface area contributed by atoms with E-state index in [1.54, 1.807) is 0 Å². The predicted molar refractivity (Wildman–Crippen MR) is 238 cm³/mol. The van der Waals surface area contributed by atoms with Gasteiger partial charge in [-0.15, -0.1) is 0 Å². The number of imidazole rings is 2. The Kier molecular flexibility index (Phi) is 11.5. The number of H-pyrrole nitrogens is 2. The molecule has 1 saturated carbocycles. The van der Waals surface area contributed by atoms with E-state index in [1.165, 1.54) is 14.2 Å². The standard InChI is InChI=1S/C48H58N8O8/c1-25(2)40(53-47(59)61-3)46(58)56-36-8-5-7-29(36)21-38(56)44-50-34-13-11-27-20-33-31-12-10-28(19-30(31)24-64-39(33)22-32(27)42(34)52-44)35-23-49-43(51-35)37-9-6-16-55(37)45(57)41(54-48(60)62-4)26-14-17-63-18-15-26/h10-13,19-20,22-23,25-26,29,36-38,40-41,46,58H,5-9,14-18,21,24H2,1-4H3,(H,49,51)(H,50,52)(H,53,59)(H,54,60)/t29-,36-,37?,38-,40-,41?,46?/m0/s1. The Morgan fingerprint density at radius 2 is 1.70 bits per heavy atom. The molecule has 3 amide bonds. The Hall–Kier alpha value is -5.71. The molecular weight excluding hydrogens is 817 g/mol. The average molecular weight is 875 g/mol. The van der Waals surface area contributed by atoms with E-state index in [1.807, 2.05) is 24.9 Å². The highest BCUT2D eigenvalue weighted by Gasteiger charge is 2.50. The van der Waals surface area contributed by atoms with E-state index in [0.717, 1.165) is 106 Å². The normalized spacial score (nSPS) is 23.6. The number of hydrogen-bond acceptors (Lipinski definition) is 11. The summed E-state index contributed by atoms with van der Waals surface area (Å²) in [4.78, 5) is 60.0. The molecule has 5 N–H and O–H groups in total. The van der Waals surface area contributed by atoms with E-state index in [-0.39, 0.29) is 35.9 Å². The van der Waals surface area contributed by atoms with Gasteiger partial charge in [-0.3, -0.25) is 9.69 Å². The van der Waals surface area contributed by atoms with E-state index >= 15 is 0 Å². The van der Waals surface area contributed by atoms with Crippen LogP contribution in [0.4, 0.5) is 9.59 Å². The van der Waals surface area contributed by atoms with Gasteiger partial charge in [0.25, 0.3) is 0 Å². The zero-order valence-electron chi connectivity index (χ0n) is 36.9. The number of aromatic amines is 2. The second kappa shape index (κ2) is 17.3. The van der Waals surface area contributed by atoms with Crippen molar-refractivity contribution in [2.75, 3.05) is 34.0 Å². The first-order valence-corrected chi connectivity index (χ1v) is 22.9. The minimum atomic E-state index is -0.912. The first-order valence-electron chi connectivity index (χ1n) is 22.9. The van der Waals surface area contributed by atoms with Crippen molar-refractivity contribution in [3.8, 4) is 28.1 Å². The van der Waals surface area contributed by atoms with E-state index in [2.05, 4.69) is 68.0 Å². The fraction of sp³-hybridized carbons (Fsp3) is 0.521. The molecule has 338 valence electrons. The molecule has 64 heavy (non-hydrogen) atoms. The minimum Gasteiger partial charge on any atom is -0.488 e. The maximum atomic E-state index is 14.1. The molecule has 16 nitrogen and oxygen atoms in total. The molecule has 7 atom stereocenters. The third-order valence-electron chi connectivity index (χ3n) is 14.6. The van der Waals surface area contributed by atoms with Crippen LogP contribution in [0.5, 0.6) is 5.75 Å². The van der Waals surface area contributed by atoms with Gasteiger partial charge in [0.05, 0.1) is 55.3 Å². The number of aromatic nitrogens is 4. The number of methoxy groups -OCH3 is 2. The molecule has 1 aliphatic carbocycles. The van der Waals surface area contributed by atoms with E-state index in [0.29, 0.717) is 45.1 Å². The molecule has 3 unspecified atom stereocenters. The zero-order valence-corrected chi connectivity index (χ0v) is 36.9. The summed E-state index contributed by atoms with van der Waals surface area (Å²) in [6, 6.07) is 13.5. The number of likely N-dealkylation sites (tertiary alicyclic amines) is 2. The van der Waals surface area contributed by atoms with Gasteiger partial charge in [-0.25, -0.2) is 19.6 Å². The smallest absolute Gasteiger partial charge is 0.407 e. The quantitative estimate of drug-likeness (QED) is 0.0961. The predicted octanol–water partition coefficient (Wildman–Crippen LogP) is 7.09. The Morgan fingerprint density at radius 1 is 0.891 bits per heavy atom. The third kappa shape index (κ3) is 7.62. The van der Waals surface area contributed by atoms with Gasteiger partial charge in [0, 0.05) is 36.8 Å². The van der Waals surface area contributed by atoms with Crippen molar-refractivity contribution in [2.24, 2.45) is 17.8 Å². The lowest BCUT2D eigenvalue weighted by Gasteiger charge is -2.39. The Bertz CT molecular complexity index is 2570. The number of carbonyl (C=O) groups is 3. The van der Waals surface area contributed by atoms with Crippen LogP contribution in [0, 0.1) is 17.8 Å². The van der Waals surface area contributed by atoms with Gasteiger partial charge in [-0.2, -0.15) is 0 Å². The molecule has 3 aromatic carbocycles. The van der Waals surface area contributed by atoms with Gasteiger partial charge in [0.2, 0.25) is 5.91 Å². The molecule has 5 aliphatic rings. The van der Waals surface area contributed by atoms with Gasteiger partial charge in [0.1, 0.15) is 36.3 Å². The number of aliphatic hydroxyl groups is 1. The lowest BCUT2D eigenvalue weighted by Crippen LogP contribution is -2.56. The number of hydrogen-bond donors (Lipinski definition) is 5. The molecule has 4 aliphatic heterocycles. The van der Waals surface area contributed by atoms with E-state index in [9.17, 15) is 19.5 Å². The first-order chi connectivity index (χ1) is 31.1. The zero-order chi connectivity index (χ0) is 44.2. The molecule has 16 heteroatoms. The van der Waals surface area contributed by atoms with Gasteiger partial charge >= 0.3 is 12.2 Å². The van der Waals surface area contributed by atoms with E-state index < -0.39 is 30.5 Å². The number of fused-ring (bicyclic) bond motifs is 7. The summed E-state index contributed by atoms with van der Waals surface area (Å²) in [6.07, 6.45) is 6.84. The van der Waals surface area contributed by atoms with E-state index in [4.69, 9.17) is 28.9 Å². The molecule has 6 heterocycles. The largest absolute Gasteiger partial charge is 0.488 e. The molecule has 0 radical (unpaired) electrons. The van der Waals surface area contributed by atoms with Crippen LogP contribution in [-0.2, 0) is 25.6 Å². The van der Waals surface area contributed by atoms with Crippen molar-refractivity contribution in [1.29, 1.82) is 0 Å². The summed E-state index contributed by atoms with van der Waals surface area (Å²) >= 11 is 0. The number of alkyl carbamates (subject to hydrolysis) is 2. The topological polar surface area (TPSA) is 196 Å². The van der Waals surface area contributed by atoms with Crippen LogP contribution in [0.2, 0.25) is 0 Å². The number of ether oxygens (including phenoxy) is 4. The molecule has 3 saturated heterocycles. The molecule has 10 rings (SSSR count). The monoisotopic (exact) mass is 874 g/mol. The van der Waals surface area contributed by atoms with Crippen molar-refractivity contribution in [3.63, 3.8) is 0 Å². The van der Waals surface area contributed by atoms with Crippen LogP contribution < -0.4 is 15.4 Å². The molecule has 0 bridgehead atoms. The van der Waals surface area contributed by atoms with Crippen molar-refractivity contribution in [3.05, 3.63) is 65.9 Å². The summed E-state index contributed by atoms with van der Waals surface area (Å²) in [6.45, 7) is 6.08. The molecule has 5 aromatic rings. The van der Waals surface area contributed by atoms with Crippen LogP contribution in [0.3, 0.4) is 0 Å². The van der Waals surface area contributed by atoms with Gasteiger partial charge in [-0.05, 0) is 109 Å². The highest BCUT2D eigenvalue weighted by Crippen LogP contribution is 2.49. The maximum Gasteiger partial charge on any atom is 0.407 e. The van der Waals surface area contributed by atoms with Gasteiger partial charge in [-0.1, -0.05) is 38.5 Å². The Morgan fingerprint density at radius 3 is 2.50 bits per heavy atom. The fourth-order valence-corrected chi connectivity index (χ4v) is 11.3. The number of rotatable bonds is 10. The lowest BCUT2D eigenvalue weighted by molar-refractivity contribution is -0.136.